The number of fused-ring (bicyclic) bond motifs is 1. The molecule has 94 valence electrons. The maximum absolute atomic E-state index is 10.3. The zero-order valence-corrected chi connectivity index (χ0v) is 10.5. The SMILES string of the molecule is Cc1cnc(C(O)c2cnc3ccccc3c2)nc1. The van der Waals surface area contributed by atoms with E-state index in [9.17, 15) is 5.11 Å². The van der Waals surface area contributed by atoms with Gasteiger partial charge in [0, 0.05) is 29.5 Å². The third kappa shape index (κ3) is 2.30. The Morgan fingerprint density at radius 3 is 2.53 bits per heavy atom. The van der Waals surface area contributed by atoms with Crippen molar-refractivity contribution in [3.8, 4) is 0 Å². The second-order valence-corrected chi connectivity index (χ2v) is 4.48. The maximum Gasteiger partial charge on any atom is 0.161 e. The third-order valence-corrected chi connectivity index (χ3v) is 2.97. The molecule has 0 spiro atoms. The molecule has 0 amide bonds. The Labute approximate surface area is 110 Å². The van der Waals surface area contributed by atoms with E-state index in [1.165, 1.54) is 0 Å². The number of nitrogens with zero attached hydrogens (tertiary/aromatic N) is 3. The summed E-state index contributed by atoms with van der Waals surface area (Å²) in [6.07, 6.45) is 4.20. The Morgan fingerprint density at radius 1 is 1.00 bits per heavy atom. The second-order valence-electron chi connectivity index (χ2n) is 4.48. The lowest BCUT2D eigenvalue weighted by molar-refractivity contribution is 0.209. The van der Waals surface area contributed by atoms with Gasteiger partial charge < -0.3 is 5.11 Å². The zero-order chi connectivity index (χ0) is 13.2. The first-order valence-electron chi connectivity index (χ1n) is 6.05. The third-order valence-electron chi connectivity index (χ3n) is 2.97. The van der Waals surface area contributed by atoms with Crippen LogP contribution < -0.4 is 0 Å². The van der Waals surface area contributed by atoms with E-state index in [1.54, 1.807) is 18.6 Å². The number of aliphatic hydroxyl groups excluding tert-OH is 1. The molecule has 0 aliphatic carbocycles. The Morgan fingerprint density at radius 2 is 1.74 bits per heavy atom. The fourth-order valence-electron chi connectivity index (χ4n) is 1.93. The minimum Gasteiger partial charge on any atom is -0.380 e. The molecule has 1 unspecified atom stereocenters. The van der Waals surface area contributed by atoms with Crippen molar-refractivity contribution in [2.75, 3.05) is 0 Å². The quantitative estimate of drug-likeness (QED) is 0.760. The van der Waals surface area contributed by atoms with Gasteiger partial charge in [-0.15, -0.1) is 0 Å². The molecule has 0 aliphatic rings. The number of hydrogen-bond acceptors (Lipinski definition) is 4. The van der Waals surface area contributed by atoms with Crippen LogP contribution in [-0.4, -0.2) is 20.1 Å². The van der Waals surface area contributed by atoms with E-state index in [0.29, 0.717) is 11.4 Å². The number of aliphatic hydroxyl groups is 1. The number of pyridine rings is 1. The fourth-order valence-corrected chi connectivity index (χ4v) is 1.93. The van der Waals surface area contributed by atoms with Gasteiger partial charge in [0.05, 0.1) is 5.52 Å². The van der Waals surface area contributed by atoms with Gasteiger partial charge in [0.2, 0.25) is 0 Å². The van der Waals surface area contributed by atoms with Crippen molar-refractivity contribution < 1.29 is 5.11 Å². The van der Waals surface area contributed by atoms with E-state index in [-0.39, 0.29) is 0 Å². The van der Waals surface area contributed by atoms with Crippen LogP contribution in [0.15, 0.2) is 48.9 Å². The van der Waals surface area contributed by atoms with Crippen LogP contribution >= 0.6 is 0 Å². The van der Waals surface area contributed by atoms with Crippen LogP contribution in [0.3, 0.4) is 0 Å². The minimum atomic E-state index is -0.849. The number of hydrogen-bond donors (Lipinski definition) is 1. The van der Waals surface area contributed by atoms with Gasteiger partial charge in [0.1, 0.15) is 6.10 Å². The lowest BCUT2D eigenvalue weighted by Gasteiger charge is -2.10. The number of para-hydroxylation sites is 1. The van der Waals surface area contributed by atoms with Gasteiger partial charge in [-0.25, -0.2) is 9.97 Å². The molecule has 3 rings (SSSR count). The predicted octanol–water partition coefficient (Wildman–Crippen LogP) is 2.41. The van der Waals surface area contributed by atoms with Crippen molar-refractivity contribution in [1.82, 2.24) is 15.0 Å². The standard InChI is InChI=1S/C15H13N3O/c1-10-7-17-15(18-8-10)14(19)12-6-11-4-2-3-5-13(11)16-9-12/h2-9,14,19H,1H3. The molecule has 0 saturated carbocycles. The van der Waals surface area contributed by atoms with E-state index in [2.05, 4.69) is 15.0 Å². The summed E-state index contributed by atoms with van der Waals surface area (Å²) in [4.78, 5) is 12.6. The summed E-state index contributed by atoms with van der Waals surface area (Å²) < 4.78 is 0. The van der Waals surface area contributed by atoms with Crippen LogP contribution in [0.2, 0.25) is 0 Å². The van der Waals surface area contributed by atoms with E-state index in [0.717, 1.165) is 16.5 Å². The van der Waals surface area contributed by atoms with Crippen molar-refractivity contribution in [3.63, 3.8) is 0 Å². The van der Waals surface area contributed by atoms with Crippen molar-refractivity contribution in [2.24, 2.45) is 0 Å². The Kier molecular flexibility index (Phi) is 2.93. The van der Waals surface area contributed by atoms with E-state index < -0.39 is 6.10 Å². The van der Waals surface area contributed by atoms with Gasteiger partial charge in [0.15, 0.2) is 5.82 Å². The summed E-state index contributed by atoms with van der Waals surface area (Å²) in [6, 6.07) is 9.70. The van der Waals surface area contributed by atoms with Crippen molar-refractivity contribution >= 4 is 10.9 Å². The molecule has 0 fully saturated rings. The van der Waals surface area contributed by atoms with Crippen molar-refractivity contribution in [1.29, 1.82) is 0 Å². The highest BCUT2D eigenvalue weighted by molar-refractivity contribution is 5.78. The van der Waals surface area contributed by atoms with Gasteiger partial charge in [-0.1, -0.05) is 18.2 Å². The molecular formula is C15H13N3O. The fraction of sp³-hybridized carbons (Fsp3) is 0.133. The Balaban J connectivity index is 2.01. The molecule has 0 bridgehead atoms. The lowest BCUT2D eigenvalue weighted by atomic mass is 10.1. The normalized spacial score (nSPS) is 12.5. The van der Waals surface area contributed by atoms with Crippen LogP contribution in [0, 0.1) is 6.92 Å². The summed E-state index contributed by atoms with van der Waals surface area (Å²) in [7, 11) is 0. The van der Waals surface area contributed by atoms with Crippen LogP contribution in [0.4, 0.5) is 0 Å². The number of benzene rings is 1. The predicted molar refractivity (Wildman–Crippen MR) is 72.6 cm³/mol. The summed E-state index contributed by atoms with van der Waals surface area (Å²) in [5.41, 5.74) is 2.57. The van der Waals surface area contributed by atoms with Crippen LogP contribution in [0.1, 0.15) is 23.1 Å². The zero-order valence-electron chi connectivity index (χ0n) is 10.5. The topological polar surface area (TPSA) is 58.9 Å². The van der Waals surface area contributed by atoms with Crippen molar-refractivity contribution in [2.45, 2.75) is 13.0 Å². The van der Waals surface area contributed by atoms with Gasteiger partial charge in [-0.3, -0.25) is 4.98 Å². The average molecular weight is 251 g/mol. The maximum atomic E-state index is 10.3. The summed E-state index contributed by atoms with van der Waals surface area (Å²) in [5, 5.41) is 11.3. The Hall–Kier alpha value is -2.33. The average Bonchev–Trinajstić information content (AvgIpc) is 2.47. The number of rotatable bonds is 2. The van der Waals surface area contributed by atoms with Crippen LogP contribution in [0.5, 0.6) is 0 Å². The van der Waals surface area contributed by atoms with Gasteiger partial charge in [0.25, 0.3) is 0 Å². The molecule has 1 N–H and O–H groups in total. The molecule has 3 aromatic rings. The first kappa shape index (κ1) is 11.7. The van der Waals surface area contributed by atoms with Crippen LogP contribution in [-0.2, 0) is 0 Å². The first-order valence-corrected chi connectivity index (χ1v) is 6.05. The lowest BCUT2D eigenvalue weighted by Crippen LogP contribution is -2.05. The molecule has 4 heteroatoms. The van der Waals surface area contributed by atoms with E-state index in [1.807, 2.05) is 37.3 Å². The highest BCUT2D eigenvalue weighted by atomic mass is 16.3. The molecule has 0 radical (unpaired) electrons. The molecule has 2 aromatic heterocycles. The monoisotopic (exact) mass is 251 g/mol. The highest BCUT2D eigenvalue weighted by Crippen LogP contribution is 2.21. The molecule has 2 heterocycles. The van der Waals surface area contributed by atoms with Gasteiger partial charge in [-0.05, 0) is 24.6 Å². The Bertz CT molecular complexity index is 710. The molecule has 0 saturated heterocycles. The molecule has 4 nitrogen and oxygen atoms in total. The molecule has 1 aromatic carbocycles. The molecule has 1 atom stereocenters. The summed E-state index contributed by atoms with van der Waals surface area (Å²) >= 11 is 0. The highest BCUT2D eigenvalue weighted by Gasteiger charge is 2.14. The molecule has 19 heavy (non-hydrogen) atoms. The van der Waals surface area contributed by atoms with Crippen LogP contribution in [0.25, 0.3) is 10.9 Å². The van der Waals surface area contributed by atoms with E-state index in [4.69, 9.17) is 0 Å². The largest absolute Gasteiger partial charge is 0.380 e. The smallest absolute Gasteiger partial charge is 0.161 e. The second kappa shape index (κ2) is 4.74. The van der Waals surface area contributed by atoms with Gasteiger partial charge >= 0.3 is 0 Å². The van der Waals surface area contributed by atoms with E-state index >= 15 is 0 Å². The molecular weight excluding hydrogens is 238 g/mol. The van der Waals surface area contributed by atoms with Crippen molar-refractivity contribution in [3.05, 3.63) is 65.9 Å². The number of aryl methyl sites for hydroxylation is 1. The number of aromatic nitrogens is 3. The minimum absolute atomic E-state index is 0.391. The summed E-state index contributed by atoms with van der Waals surface area (Å²) in [5.74, 6) is 0.391. The molecule has 0 aliphatic heterocycles. The summed E-state index contributed by atoms with van der Waals surface area (Å²) in [6.45, 7) is 1.91. The first-order chi connectivity index (χ1) is 9.24. The van der Waals surface area contributed by atoms with Gasteiger partial charge in [-0.2, -0.15) is 0 Å².